The minimum atomic E-state index is -3.96. The maximum absolute atomic E-state index is 13.2. The van der Waals surface area contributed by atoms with Crippen molar-refractivity contribution in [1.82, 2.24) is 10.0 Å². The van der Waals surface area contributed by atoms with Crippen LogP contribution in [-0.4, -0.2) is 32.8 Å². The molecule has 4 N–H and O–H groups in total. The molecule has 7 nitrogen and oxygen atoms in total. The number of sulfonamides is 1. The van der Waals surface area contributed by atoms with Crippen LogP contribution in [0.2, 0.25) is 0 Å². The molecule has 0 heterocycles. The Morgan fingerprint density at radius 1 is 0.941 bits per heavy atom. The lowest BCUT2D eigenvalue weighted by atomic mass is 10.0. The van der Waals surface area contributed by atoms with Gasteiger partial charge in [0.05, 0.1) is 4.90 Å². The first-order valence-corrected chi connectivity index (χ1v) is 13.0. The summed E-state index contributed by atoms with van der Waals surface area (Å²) in [6.45, 7) is 0.535. The third-order valence-electron chi connectivity index (χ3n) is 6.36. The average Bonchev–Trinajstić information content (AvgIpc) is 3.36. The Morgan fingerprint density at radius 3 is 2.29 bits per heavy atom. The Morgan fingerprint density at radius 2 is 1.62 bits per heavy atom. The van der Waals surface area contributed by atoms with E-state index in [0.717, 1.165) is 36.5 Å². The molecular weight excluding hydrogens is 450 g/mol. The highest BCUT2D eigenvalue weighted by Crippen LogP contribution is 2.24. The number of primary amides is 1. The summed E-state index contributed by atoms with van der Waals surface area (Å²) in [4.78, 5) is 24.5. The van der Waals surface area contributed by atoms with Gasteiger partial charge in [0.25, 0.3) is 0 Å². The summed E-state index contributed by atoms with van der Waals surface area (Å²) < 4.78 is 29.1. The molecule has 34 heavy (non-hydrogen) atoms. The normalized spacial score (nSPS) is 15.3. The topological polar surface area (TPSA) is 118 Å². The van der Waals surface area contributed by atoms with Crippen molar-refractivity contribution >= 4 is 32.6 Å². The van der Waals surface area contributed by atoms with E-state index in [4.69, 9.17) is 5.73 Å². The van der Waals surface area contributed by atoms with E-state index in [9.17, 15) is 18.0 Å². The molecule has 178 valence electrons. The standard InChI is InChI=1S/C26H29N3O4S/c27-25(30)21-11-9-18(10-12-21)15-24(26(31)28-17-19-5-1-2-6-19)29-34(32,33)23-14-13-20-7-3-4-8-22(20)16-23/h3-4,7-14,16,19,24,29H,1-2,5-6,15,17H2,(H2,27,30)(H,28,31)/t24-/m0/s1. The van der Waals surface area contributed by atoms with Crippen molar-refractivity contribution in [2.24, 2.45) is 11.7 Å². The zero-order valence-corrected chi connectivity index (χ0v) is 19.7. The Hall–Kier alpha value is -3.23. The van der Waals surface area contributed by atoms with Crippen molar-refractivity contribution in [3.63, 3.8) is 0 Å². The first-order chi connectivity index (χ1) is 16.3. The number of hydrogen-bond donors (Lipinski definition) is 3. The summed E-state index contributed by atoms with van der Waals surface area (Å²) in [5.74, 6) is -0.485. The molecule has 0 aromatic heterocycles. The Balaban J connectivity index is 1.55. The first kappa shape index (κ1) is 23.9. The van der Waals surface area contributed by atoms with Crippen LogP contribution < -0.4 is 15.8 Å². The third kappa shape index (κ3) is 5.81. The molecule has 2 amide bonds. The molecule has 3 aromatic rings. The lowest BCUT2D eigenvalue weighted by Gasteiger charge is -2.20. The highest BCUT2D eigenvalue weighted by molar-refractivity contribution is 7.89. The van der Waals surface area contributed by atoms with Gasteiger partial charge in [-0.3, -0.25) is 9.59 Å². The molecule has 1 fully saturated rings. The molecular formula is C26H29N3O4S. The number of carbonyl (C=O) groups is 2. The van der Waals surface area contributed by atoms with Crippen molar-refractivity contribution in [2.45, 2.75) is 43.0 Å². The summed E-state index contributed by atoms with van der Waals surface area (Å²) in [5.41, 5.74) is 6.37. The van der Waals surface area contributed by atoms with Crippen LogP contribution in [0.15, 0.2) is 71.6 Å². The Labute approximate surface area is 199 Å². The van der Waals surface area contributed by atoms with E-state index in [2.05, 4.69) is 10.0 Å². The summed E-state index contributed by atoms with van der Waals surface area (Å²) >= 11 is 0. The second-order valence-electron chi connectivity index (χ2n) is 8.84. The van der Waals surface area contributed by atoms with E-state index in [1.165, 1.54) is 0 Å². The monoisotopic (exact) mass is 479 g/mol. The fraction of sp³-hybridized carbons (Fsp3) is 0.308. The molecule has 1 aliphatic carbocycles. The van der Waals surface area contributed by atoms with Crippen molar-refractivity contribution < 1.29 is 18.0 Å². The van der Waals surface area contributed by atoms with E-state index >= 15 is 0 Å². The summed E-state index contributed by atoms with van der Waals surface area (Å²) in [6.07, 6.45) is 4.60. The fourth-order valence-corrected chi connectivity index (χ4v) is 5.63. The van der Waals surface area contributed by atoms with Gasteiger partial charge in [-0.1, -0.05) is 55.3 Å². The number of benzene rings is 3. The number of fused-ring (bicyclic) bond motifs is 1. The zero-order valence-electron chi connectivity index (χ0n) is 18.9. The highest BCUT2D eigenvalue weighted by atomic mass is 32.2. The highest BCUT2D eigenvalue weighted by Gasteiger charge is 2.27. The molecule has 0 radical (unpaired) electrons. The van der Waals surface area contributed by atoms with Gasteiger partial charge in [-0.2, -0.15) is 4.72 Å². The van der Waals surface area contributed by atoms with Crippen LogP contribution in [0.25, 0.3) is 10.8 Å². The van der Waals surface area contributed by atoms with Crippen molar-refractivity contribution in [3.05, 3.63) is 77.9 Å². The van der Waals surface area contributed by atoms with Crippen molar-refractivity contribution in [2.75, 3.05) is 6.54 Å². The van der Waals surface area contributed by atoms with Gasteiger partial charge < -0.3 is 11.1 Å². The maximum Gasteiger partial charge on any atom is 0.248 e. The predicted molar refractivity (Wildman–Crippen MR) is 132 cm³/mol. The van der Waals surface area contributed by atoms with Gasteiger partial charge in [-0.25, -0.2) is 8.42 Å². The van der Waals surface area contributed by atoms with E-state index in [0.29, 0.717) is 23.6 Å². The van der Waals surface area contributed by atoms with E-state index in [1.807, 2.05) is 24.3 Å². The van der Waals surface area contributed by atoms with Crippen LogP contribution in [-0.2, 0) is 21.2 Å². The van der Waals surface area contributed by atoms with Crippen LogP contribution in [0.4, 0.5) is 0 Å². The lowest BCUT2D eigenvalue weighted by Crippen LogP contribution is -2.48. The maximum atomic E-state index is 13.2. The molecule has 0 saturated heterocycles. The van der Waals surface area contributed by atoms with Gasteiger partial charge in [-0.05, 0) is 65.8 Å². The predicted octanol–water partition coefficient (Wildman–Crippen LogP) is 3.13. The Kier molecular flexibility index (Phi) is 7.29. The smallest absolute Gasteiger partial charge is 0.248 e. The van der Waals surface area contributed by atoms with Crippen LogP contribution in [0, 0.1) is 5.92 Å². The fourth-order valence-electron chi connectivity index (χ4n) is 4.40. The van der Waals surface area contributed by atoms with Crippen molar-refractivity contribution in [3.8, 4) is 0 Å². The average molecular weight is 480 g/mol. The summed E-state index contributed by atoms with van der Waals surface area (Å²) in [6, 6.07) is 17.9. The zero-order chi connectivity index (χ0) is 24.1. The molecule has 4 rings (SSSR count). The number of hydrogen-bond acceptors (Lipinski definition) is 4. The van der Waals surface area contributed by atoms with Crippen LogP contribution >= 0.6 is 0 Å². The van der Waals surface area contributed by atoms with Crippen LogP contribution in [0.3, 0.4) is 0 Å². The van der Waals surface area contributed by atoms with Crippen LogP contribution in [0.1, 0.15) is 41.6 Å². The minimum Gasteiger partial charge on any atom is -0.366 e. The van der Waals surface area contributed by atoms with E-state index in [1.54, 1.807) is 42.5 Å². The molecule has 0 unspecified atom stereocenters. The molecule has 0 aliphatic heterocycles. The van der Waals surface area contributed by atoms with Gasteiger partial charge in [-0.15, -0.1) is 0 Å². The molecule has 1 aliphatic rings. The third-order valence-corrected chi connectivity index (χ3v) is 7.83. The SMILES string of the molecule is NC(=O)c1ccc(C[C@H](NS(=O)(=O)c2ccc3ccccc3c2)C(=O)NCC2CCCC2)cc1. The van der Waals surface area contributed by atoms with E-state index in [-0.39, 0.29) is 17.2 Å². The van der Waals surface area contributed by atoms with Crippen molar-refractivity contribution in [1.29, 1.82) is 0 Å². The minimum absolute atomic E-state index is 0.101. The number of nitrogens with one attached hydrogen (secondary N) is 2. The number of carbonyl (C=O) groups excluding carboxylic acids is 2. The molecule has 3 aromatic carbocycles. The second-order valence-corrected chi connectivity index (χ2v) is 10.6. The van der Waals surface area contributed by atoms with Gasteiger partial charge in [0.1, 0.15) is 6.04 Å². The van der Waals surface area contributed by atoms with Crippen LogP contribution in [0.5, 0.6) is 0 Å². The second kappa shape index (κ2) is 10.4. The van der Waals surface area contributed by atoms with Gasteiger partial charge in [0.2, 0.25) is 21.8 Å². The quantitative estimate of drug-likeness (QED) is 0.437. The lowest BCUT2D eigenvalue weighted by molar-refractivity contribution is -0.122. The first-order valence-electron chi connectivity index (χ1n) is 11.5. The van der Waals surface area contributed by atoms with E-state index < -0.39 is 22.0 Å². The number of nitrogens with two attached hydrogens (primary N) is 1. The molecule has 1 saturated carbocycles. The summed E-state index contributed by atoms with van der Waals surface area (Å²) in [7, 11) is -3.96. The summed E-state index contributed by atoms with van der Waals surface area (Å²) in [5, 5.41) is 4.67. The number of rotatable bonds is 9. The molecule has 8 heteroatoms. The number of amides is 2. The van der Waals surface area contributed by atoms with Gasteiger partial charge >= 0.3 is 0 Å². The molecule has 0 spiro atoms. The Bertz CT molecular complexity index is 1280. The van der Waals surface area contributed by atoms with Gasteiger partial charge in [0.15, 0.2) is 0 Å². The van der Waals surface area contributed by atoms with Gasteiger partial charge in [0, 0.05) is 12.1 Å². The molecule has 1 atom stereocenters. The molecule has 0 bridgehead atoms. The largest absolute Gasteiger partial charge is 0.366 e.